The van der Waals surface area contributed by atoms with E-state index in [0.29, 0.717) is 0 Å². The fourth-order valence-electron chi connectivity index (χ4n) is 4.51. The van der Waals surface area contributed by atoms with Gasteiger partial charge in [0.05, 0.1) is 17.8 Å². The van der Waals surface area contributed by atoms with E-state index in [1.54, 1.807) is 0 Å². The zero-order valence-electron chi connectivity index (χ0n) is 11.3. The van der Waals surface area contributed by atoms with Crippen LogP contribution >= 0.6 is 0 Å². The summed E-state index contributed by atoms with van der Waals surface area (Å²) in [6.07, 6.45) is 5.04. The Labute approximate surface area is 104 Å². The van der Waals surface area contributed by atoms with Gasteiger partial charge in [-0.05, 0) is 36.7 Å². The highest BCUT2D eigenvalue weighted by molar-refractivity contribution is 5.25. The fraction of sp³-hybridized carbons (Fsp3) is 0.867. The van der Waals surface area contributed by atoms with Crippen molar-refractivity contribution in [3.05, 3.63) is 12.2 Å². The Balaban J connectivity index is 2.05. The highest BCUT2D eigenvalue weighted by Gasteiger charge is 2.64. The molecule has 3 rings (SSSR count). The lowest BCUT2D eigenvalue weighted by molar-refractivity contribution is -0.238. The molecule has 0 aromatic heterocycles. The van der Waals surface area contributed by atoms with Gasteiger partial charge in [-0.25, -0.2) is 0 Å². The van der Waals surface area contributed by atoms with Crippen molar-refractivity contribution in [3.8, 4) is 0 Å². The van der Waals surface area contributed by atoms with Crippen LogP contribution in [0.2, 0.25) is 0 Å². The van der Waals surface area contributed by atoms with Gasteiger partial charge in [-0.15, -0.1) is 0 Å². The third-order valence-corrected chi connectivity index (χ3v) is 5.55. The molecule has 1 aliphatic carbocycles. The summed E-state index contributed by atoms with van der Waals surface area (Å²) in [4.78, 5) is 0. The Bertz CT molecular complexity index is 373. The van der Waals surface area contributed by atoms with Gasteiger partial charge in [0.25, 0.3) is 0 Å². The lowest BCUT2D eigenvalue weighted by Gasteiger charge is -2.58. The summed E-state index contributed by atoms with van der Waals surface area (Å²) in [6, 6.07) is 0. The number of aliphatic hydroxyl groups is 1. The van der Waals surface area contributed by atoms with Crippen LogP contribution in [0.25, 0.3) is 0 Å². The molecule has 96 valence electrons. The lowest BCUT2D eigenvalue weighted by atomic mass is 9.53. The van der Waals surface area contributed by atoms with Gasteiger partial charge in [0, 0.05) is 11.8 Å². The first-order chi connectivity index (χ1) is 7.78. The summed E-state index contributed by atoms with van der Waals surface area (Å²) >= 11 is 0. The van der Waals surface area contributed by atoms with E-state index in [0.717, 1.165) is 32.1 Å². The monoisotopic (exact) mass is 236 g/mol. The summed E-state index contributed by atoms with van der Waals surface area (Å²) in [7, 11) is 0. The molecule has 1 N–H and O–H groups in total. The molecular weight excluding hydrogens is 212 g/mol. The molecule has 2 nitrogen and oxygen atoms in total. The molecule has 4 atom stereocenters. The number of rotatable bonds is 0. The standard InChI is InChI=1S/C15H24O2/c1-10-7-15-9-13(2,3)8-12(16)14(15,4)6-5-11(10)17-15/h11-12,16H,1,5-9H2,2-4H3/t11-,12+,14+,15+/m0/s1. The number of hydrogen-bond acceptors (Lipinski definition) is 2. The van der Waals surface area contributed by atoms with Crippen molar-refractivity contribution < 1.29 is 9.84 Å². The second-order valence-electron chi connectivity index (χ2n) is 7.45. The average molecular weight is 236 g/mol. The molecule has 0 aromatic rings. The second-order valence-corrected chi connectivity index (χ2v) is 7.45. The van der Waals surface area contributed by atoms with Gasteiger partial charge in [-0.3, -0.25) is 0 Å². The number of aliphatic hydroxyl groups excluding tert-OH is 1. The molecule has 17 heavy (non-hydrogen) atoms. The largest absolute Gasteiger partial charge is 0.392 e. The van der Waals surface area contributed by atoms with E-state index in [9.17, 15) is 5.11 Å². The first kappa shape index (κ1) is 11.7. The molecule has 0 radical (unpaired) electrons. The van der Waals surface area contributed by atoms with Gasteiger partial charge in [0.15, 0.2) is 0 Å². The molecular formula is C15H24O2. The maximum absolute atomic E-state index is 10.6. The van der Waals surface area contributed by atoms with Crippen LogP contribution in [0.15, 0.2) is 12.2 Å². The van der Waals surface area contributed by atoms with E-state index in [4.69, 9.17) is 4.74 Å². The molecule has 2 saturated heterocycles. The summed E-state index contributed by atoms with van der Waals surface area (Å²) in [6.45, 7) is 10.9. The van der Waals surface area contributed by atoms with Crippen molar-refractivity contribution in [1.82, 2.24) is 0 Å². The van der Waals surface area contributed by atoms with Crippen LogP contribution in [0, 0.1) is 10.8 Å². The van der Waals surface area contributed by atoms with Crippen molar-refractivity contribution >= 4 is 0 Å². The zero-order chi connectivity index (χ0) is 12.5. The van der Waals surface area contributed by atoms with Crippen LogP contribution in [0.5, 0.6) is 0 Å². The van der Waals surface area contributed by atoms with Crippen molar-refractivity contribution in [2.45, 2.75) is 70.7 Å². The lowest BCUT2D eigenvalue weighted by Crippen LogP contribution is -2.61. The van der Waals surface area contributed by atoms with Gasteiger partial charge in [-0.1, -0.05) is 27.4 Å². The maximum atomic E-state index is 10.6. The summed E-state index contributed by atoms with van der Waals surface area (Å²) in [5, 5.41) is 10.6. The van der Waals surface area contributed by atoms with Gasteiger partial charge < -0.3 is 9.84 Å². The molecule has 3 aliphatic rings. The first-order valence-corrected chi connectivity index (χ1v) is 6.82. The van der Waals surface area contributed by atoms with E-state index in [1.807, 2.05) is 0 Å². The van der Waals surface area contributed by atoms with Crippen molar-refractivity contribution in [1.29, 1.82) is 0 Å². The zero-order valence-corrected chi connectivity index (χ0v) is 11.3. The number of ether oxygens (including phenoxy) is 1. The highest BCUT2D eigenvalue weighted by atomic mass is 16.5. The quantitative estimate of drug-likeness (QED) is 0.655. The topological polar surface area (TPSA) is 29.5 Å². The van der Waals surface area contributed by atoms with Crippen LogP contribution < -0.4 is 0 Å². The van der Waals surface area contributed by atoms with Crippen LogP contribution in [-0.4, -0.2) is 22.9 Å². The number of hydrogen-bond donors (Lipinski definition) is 1. The minimum absolute atomic E-state index is 0.0710. The molecule has 1 spiro atoms. The number of fused-ring (bicyclic) bond motifs is 1. The molecule has 2 heteroatoms. The fourth-order valence-corrected chi connectivity index (χ4v) is 4.51. The van der Waals surface area contributed by atoms with Crippen LogP contribution in [-0.2, 0) is 4.74 Å². The molecule has 1 saturated carbocycles. The SMILES string of the molecule is C=C1C[C@@]23CC(C)(C)C[C@@H](O)[C@@]2(C)CC[C@@H]1O3. The van der Waals surface area contributed by atoms with E-state index in [2.05, 4.69) is 27.4 Å². The molecule has 0 unspecified atom stereocenters. The van der Waals surface area contributed by atoms with Crippen molar-refractivity contribution in [2.75, 3.05) is 0 Å². The predicted octanol–water partition coefficient (Wildman–Crippen LogP) is 3.05. The molecule has 0 aromatic carbocycles. The summed E-state index contributed by atoms with van der Waals surface area (Å²) < 4.78 is 6.35. The summed E-state index contributed by atoms with van der Waals surface area (Å²) in [5.74, 6) is 0. The smallest absolute Gasteiger partial charge is 0.0811 e. The van der Waals surface area contributed by atoms with Gasteiger partial charge in [0.2, 0.25) is 0 Å². The van der Waals surface area contributed by atoms with E-state index < -0.39 is 0 Å². The van der Waals surface area contributed by atoms with E-state index >= 15 is 0 Å². The van der Waals surface area contributed by atoms with Crippen LogP contribution in [0.3, 0.4) is 0 Å². The second kappa shape index (κ2) is 3.16. The van der Waals surface area contributed by atoms with Gasteiger partial charge >= 0.3 is 0 Å². The Morgan fingerprint density at radius 1 is 1.35 bits per heavy atom. The maximum Gasteiger partial charge on any atom is 0.0811 e. The van der Waals surface area contributed by atoms with Crippen LogP contribution in [0.4, 0.5) is 0 Å². The summed E-state index contributed by atoms with van der Waals surface area (Å²) in [5.41, 5.74) is 1.21. The third kappa shape index (κ3) is 1.40. The van der Waals surface area contributed by atoms with Gasteiger partial charge in [-0.2, -0.15) is 0 Å². The Hall–Kier alpha value is -0.340. The minimum Gasteiger partial charge on any atom is -0.392 e. The highest BCUT2D eigenvalue weighted by Crippen LogP contribution is 2.63. The minimum atomic E-state index is -0.238. The van der Waals surface area contributed by atoms with Crippen LogP contribution in [0.1, 0.15) is 52.9 Å². The third-order valence-electron chi connectivity index (χ3n) is 5.55. The molecule has 2 heterocycles. The van der Waals surface area contributed by atoms with Gasteiger partial charge in [0.1, 0.15) is 0 Å². The Kier molecular flexibility index (Phi) is 2.18. The Morgan fingerprint density at radius 2 is 2.06 bits per heavy atom. The molecule has 2 aliphatic heterocycles. The molecule has 0 amide bonds. The van der Waals surface area contributed by atoms with Crippen molar-refractivity contribution in [2.24, 2.45) is 10.8 Å². The Morgan fingerprint density at radius 3 is 2.76 bits per heavy atom. The predicted molar refractivity (Wildman–Crippen MR) is 67.7 cm³/mol. The molecule has 3 fully saturated rings. The average Bonchev–Trinajstić information content (AvgIpc) is 2.44. The molecule has 2 bridgehead atoms. The van der Waals surface area contributed by atoms with E-state index in [1.165, 1.54) is 5.57 Å². The van der Waals surface area contributed by atoms with E-state index in [-0.39, 0.29) is 28.6 Å². The van der Waals surface area contributed by atoms with Crippen molar-refractivity contribution in [3.63, 3.8) is 0 Å². The first-order valence-electron chi connectivity index (χ1n) is 6.82. The normalized spacial score (nSPS) is 52.4.